The molecule has 1 N–H and O–H groups in total. The van der Waals surface area contributed by atoms with Crippen LogP contribution in [-0.4, -0.2) is 22.8 Å². The average molecular weight is 438 g/mol. The van der Waals surface area contributed by atoms with Crippen molar-refractivity contribution in [3.8, 4) is 17.3 Å². The van der Waals surface area contributed by atoms with Crippen molar-refractivity contribution < 1.29 is 13.6 Å². The van der Waals surface area contributed by atoms with Crippen LogP contribution in [0.15, 0.2) is 65.9 Å². The van der Waals surface area contributed by atoms with Gasteiger partial charge in [-0.25, -0.2) is 13.8 Å². The monoisotopic (exact) mass is 437 g/mol. The Kier molecular flexibility index (Phi) is 5.60. The summed E-state index contributed by atoms with van der Waals surface area (Å²) < 4.78 is 28.6. The molecular weight excluding hydrogens is 424 g/mol. The van der Waals surface area contributed by atoms with Gasteiger partial charge in [-0.3, -0.25) is 9.78 Å². The number of hydrogen-bond donors (Lipinski definition) is 1. The summed E-state index contributed by atoms with van der Waals surface area (Å²) >= 11 is 6.04. The first-order valence-corrected chi connectivity index (χ1v) is 9.58. The molecule has 1 atom stereocenters. The van der Waals surface area contributed by atoms with Crippen molar-refractivity contribution in [2.75, 3.05) is 5.01 Å². The lowest BCUT2D eigenvalue weighted by atomic mass is 10.1. The summed E-state index contributed by atoms with van der Waals surface area (Å²) in [6, 6.07) is 15.9. The Morgan fingerprint density at radius 2 is 1.94 bits per heavy atom. The molecule has 2 aromatic carbocycles. The SMILES string of the molecule is N#CC1=NN(c2ccccc2)C(NC(=O)c2cc(-c3ncccc3F)cc(F)c2Cl)C1. The molecule has 9 heteroatoms. The maximum Gasteiger partial charge on any atom is 0.254 e. The van der Waals surface area contributed by atoms with Crippen molar-refractivity contribution in [3.05, 3.63) is 83.0 Å². The minimum Gasteiger partial charge on any atom is -0.330 e. The van der Waals surface area contributed by atoms with Gasteiger partial charge in [0.2, 0.25) is 0 Å². The second kappa shape index (κ2) is 8.50. The molecule has 154 valence electrons. The smallest absolute Gasteiger partial charge is 0.254 e. The number of pyridine rings is 1. The summed E-state index contributed by atoms with van der Waals surface area (Å²) in [7, 11) is 0. The van der Waals surface area contributed by atoms with E-state index in [0.717, 1.165) is 6.07 Å². The molecular formula is C22H14ClF2N5O. The van der Waals surface area contributed by atoms with Crippen molar-refractivity contribution in [1.29, 1.82) is 5.26 Å². The van der Waals surface area contributed by atoms with Gasteiger partial charge in [-0.15, -0.1) is 0 Å². The molecule has 0 radical (unpaired) electrons. The summed E-state index contributed by atoms with van der Waals surface area (Å²) in [5.74, 6) is -2.23. The van der Waals surface area contributed by atoms with Crippen LogP contribution >= 0.6 is 11.6 Å². The van der Waals surface area contributed by atoms with Gasteiger partial charge in [-0.1, -0.05) is 29.8 Å². The maximum atomic E-state index is 14.5. The molecule has 1 amide bonds. The number of carbonyl (C=O) groups is 1. The number of para-hydroxylation sites is 1. The zero-order valence-electron chi connectivity index (χ0n) is 15.9. The van der Waals surface area contributed by atoms with Gasteiger partial charge in [0.25, 0.3) is 5.91 Å². The highest BCUT2D eigenvalue weighted by Gasteiger charge is 2.30. The first-order chi connectivity index (χ1) is 15.0. The normalized spacial score (nSPS) is 15.4. The molecule has 6 nitrogen and oxygen atoms in total. The quantitative estimate of drug-likeness (QED) is 0.650. The summed E-state index contributed by atoms with van der Waals surface area (Å²) in [6.07, 6.45) is 0.840. The Morgan fingerprint density at radius 1 is 1.16 bits per heavy atom. The third kappa shape index (κ3) is 4.09. The fraction of sp³-hybridized carbons (Fsp3) is 0.0909. The second-order valence-corrected chi connectivity index (χ2v) is 7.06. The zero-order chi connectivity index (χ0) is 22.0. The minimum absolute atomic E-state index is 0.0745. The molecule has 1 aromatic heterocycles. The van der Waals surface area contributed by atoms with Crippen molar-refractivity contribution in [2.45, 2.75) is 12.6 Å². The van der Waals surface area contributed by atoms with E-state index in [2.05, 4.69) is 15.4 Å². The van der Waals surface area contributed by atoms with E-state index in [9.17, 15) is 18.8 Å². The summed E-state index contributed by atoms with van der Waals surface area (Å²) in [4.78, 5) is 16.9. The van der Waals surface area contributed by atoms with Crippen LogP contribution in [-0.2, 0) is 0 Å². The highest BCUT2D eigenvalue weighted by atomic mass is 35.5. The van der Waals surface area contributed by atoms with Gasteiger partial charge >= 0.3 is 0 Å². The maximum absolute atomic E-state index is 14.5. The predicted molar refractivity (Wildman–Crippen MR) is 112 cm³/mol. The van der Waals surface area contributed by atoms with Gasteiger partial charge < -0.3 is 5.32 Å². The number of benzene rings is 2. The number of amides is 1. The number of nitrogens with one attached hydrogen (secondary N) is 1. The first kappa shape index (κ1) is 20.4. The van der Waals surface area contributed by atoms with Gasteiger partial charge in [0, 0.05) is 18.2 Å². The number of anilines is 1. The van der Waals surface area contributed by atoms with Crippen LogP contribution < -0.4 is 10.3 Å². The van der Waals surface area contributed by atoms with Crippen molar-refractivity contribution in [3.63, 3.8) is 0 Å². The highest BCUT2D eigenvalue weighted by molar-refractivity contribution is 6.34. The standard InChI is InChI=1S/C22H14ClF2N5O/c23-20-16(9-13(10-18(20)25)21-17(24)7-4-8-27-21)22(31)28-19-11-14(12-26)29-30(19)15-5-2-1-3-6-15/h1-10,19H,11H2,(H,28,31). The topological polar surface area (TPSA) is 81.4 Å². The number of rotatable bonds is 4. The molecule has 0 saturated carbocycles. The largest absolute Gasteiger partial charge is 0.330 e. The van der Waals surface area contributed by atoms with Crippen LogP contribution in [0.25, 0.3) is 11.3 Å². The third-order valence-corrected chi connectivity index (χ3v) is 5.05. The van der Waals surface area contributed by atoms with Gasteiger partial charge in [0.1, 0.15) is 35.3 Å². The van der Waals surface area contributed by atoms with Crippen LogP contribution in [0.1, 0.15) is 16.8 Å². The van der Waals surface area contributed by atoms with E-state index in [-0.39, 0.29) is 29.0 Å². The van der Waals surface area contributed by atoms with Gasteiger partial charge in [-0.2, -0.15) is 10.4 Å². The lowest BCUT2D eigenvalue weighted by molar-refractivity contribution is 0.0938. The Morgan fingerprint density at radius 3 is 2.65 bits per heavy atom. The van der Waals surface area contributed by atoms with Crippen LogP contribution in [0.2, 0.25) is 5.02 Å². The van der Waals surface area contributed by atoms with E-state index in [1.165, 1.54) is 29.4 Å². The molecule has 0 bridgehead atoms. The summed E-state index contributed by atoms with van der Waals surface area (Å²) in [5, 5.41) is 17.3. The number of aromatic nitrogens is 1. The van der Waals surface area contributed by atoms with Crippen LogP contribution in [0.3, 0.4) is 0 Å². The number of nitrogens with zero attached hydrogens (tertiary/aromatic N) is 4. The number of halogens is 3. The zero-order valence-corrected chi connectivity index (χ0v) is 16.6. The van der Waals surface area contributed by atoms with Gasteiger partial charge in [-0.05, 0) is 36.4 Å². The predicted octanol–water partition coefficient (Wildman–Crippen LogP) is 4.53. The molecule has 0 saturated heterocycles. The Hall–Kier alpha value is -3.83. The number of nitriles is 1. The molecule has 2 heterocycles. The molecule has 0 spiro atoms. The van der Waals surface area contributed by atoms with E-state index in [1.54, 1.807) is 24.3 Å². The van der Waals surface area contributed by atoms with Crippen molar-refractivity contribution >= 4 is 28.9 Å². The van der Waals surface area contributed by atoms with E-state index in [4.69, 9.17) is 11.6 Å². The lowest BCUT2D eigenvalue weighted by Gasteiger charge is -2.24. The third-order valence-electron chi connectivity index (χ3n) is 4.66. The minimum atomic E-state index is -0.880. The highest BCUT2D eigenvalue weighted by Crippen LogP contribution is 2.29. The second-order valence-electron chi connectivity index (χ2n) is 6.69. The molecule has 0 fully saturated rings. The summed E-state index contributed by atoms with van der Waals surface area (Å²) in [5.41, 5.74) is 0.690. The van der Waals surface area contributed by atoms with Gasteiger partial charge in [0.05, 0.1) is 16.3 Å². The Labute approximate surface area is 181 Å². The lowest BCUT2D eigenvalue weighted by Crippen LogP contribution is -2.43. The molecule has 1 aliphatic rings. The number of hydrogen-bond acceptors (Lipinski definition) is 5. The van der Waals surface area contributed by atoms with E-state index >= 15 is 0 Å². The van der Waals surface area contributed by atoms with Crippen LogP contribution in [0, 0.1) is 23.0 Å². The van der Waals surface area contributed by atoms with Crippen LogP contribution in [0.4, 0.5) is 14.5 Å². The molecule has 4 rings (SSSR count). The first-order valence-electron chi connectivity index (χ1n) is 9.20. The number of carbonyl (C=O) groups excluding carboxylic acids is 1. The Bertz CT molecular complexity index is 1230. The Balaban J connectivity index is 1.66. The van der Waals surface area contributed by atoms with Gasteiger partial charge in [0.15, 0.2) is 0 Å². The average Bonchev–Trinajstić information content (AvgIpc) is 3.19. The summed E-state index contributed by atoms with van der Waals surface area (Å²) in [6.45, 7) is 0. The fourth-order valence-corrected chi connectivity index (χ4v) is 3.42. The van der Waals surface area contributed by atoms with E-state index in [0.29, 0.717) is 5.69 Å². The molecule has 1 unspecified atom stereocenters. The molecule has 1 aliphatic heterocycles. The van der Waals surface area contributed by atoms with E-state index in [1.807, 2.05) is 12.1 Å². The molecule has 0 aliphatic carbocycles. The molecule has 3 aromatic rings. The van der Waals surface area contributed by atoms with E-state index < -0.39 is 28.7 Å². The van der Waals surface area contributed by atoms with Crippen molar-refractivity contribution in [2.24, 2.45) is 5.10 Å². The fourth-order valence-electron chi connectivity index (χ4n) is 3.23. The number of hydrazone groups is 1. The van der Waals surface area contributed by atoms with Crippen LogP contribution in [0.5, 0.6) is 0 Å². The van der Waals surface area contributed by atoms with Crippen molar-refractivity contribution in [1.82, 2.24) is 10.3 Å². The molecule has 31 heavy (non-hydrogen) atoms.